The molecule has 0 aliphatic rings. The van der Waals surface area contributed by atoms with Gasteiger partial charge < -0.3 is 0 Å². The van der Waals surface area contributed by atoms with Crippen LogP contribution in [0.5, 0.6) is 0 Å². The third kappa shape index (κ3) is 4.24. The standard InChI is InChI=1S/C17H15N5O2S2/c1-2-9-22-15(12-5-7-18-8-6-12)20-21-17(22)26-11-14(23)19-16(24)13-4-3-10-25-13/h2-8,10H,1,9,11H2,(H,19,23,24). The first-order valence-corrected chi connectivity index (χ1v) is 9.50. The molecule has 7 nitrogen and oxygen atoms in total. The summed E-state index contributed by atoms with van der Waals surface area (Å²) in [5.74, 6) is -0.0459. The van der Waals surface area contributed by atoms with Gasteiger partial charge in [-0.3, -0.25) is 24.5 Å². The Morgan fingerprint density at radius 1 is 1.27 bits per heavy atom. The molecule has 9 heteroatoms. The summed E-state index contributed by atoms with van der Waals surface area (Å²) >= 11 is 2.50. The zero-order valence-corrected chi connectivity index (χ0v) is 15.3. The minimum atomic E-state index is -0.393. The van der Waals surface area contributed by atoms with Crippen LogP contribution in [0.15, 0.2) is 59.9 Å². The van der Waals surface area contributed by atoms with Gasteiger partial charge in [-0.2, -0.15) is 0 Å². The normalized spacial score (nSPS) is 10.5. The van der Waals surface area contributed by atoms with E-state index in [0.717, 1.165) is 5.56 Å². The fourth-order valence-electron chi connectivity index (χ4n) is 2.17. The summed E-state index contributed by atoms with van der Waals surface area (Å²) < 4.78 is 1.86. The molecule has 132 valence electrons. The number of rotatable bonds is 7. The molecule has 0 unspecified atom stereocenters. The van der Waals surface area contributed by atoms with Crippen LogP contribution in [0.25, 0.3) is 11.4 Å². The van der Waals surface area contributed by atoms with Crippen LogP contribution in [0.2, 0.25) is 0 Å². The Labute approximate surface area is 158 Å². The van der Waals surface area contributed by atoms with Crippen molar-refractivity contribution in [3.63, 3.8) is 0 Å². The van der Waals surface area contributed by atoms with Crippen LogP contribution in [0, 0.1) is 0 Å². The zero-order chi connectivity index (χ0) is 18.4. The van der Waals surface area contributed by atoms with Crippen molar-refractivity contribution in [2.24, 2.45) is 0 Å². The van der Waals surface area contributed by atoms with E-state index < -0.39 is 5.91 Å². The van der Waals surface area contributed by atoms with Crippen molar-refractivity contribution in [2.45, 2.75) is 11.7 Å². The lowest BCUT2D eigenvalue weighted by Crippen LogP contribution is -2.31. The molecule has 0 fully saturated rings. The van der Waals surface area contributed by atoms with Crippen LogP contribution in [-0.2, 0) is 11.3 Å². The van der Waals surface area contributed by atoms with Crippen LogP contribution in [0.3, 0.4) is 0 Å². The number of carbonyl (C=O) groups is 2. The number of allylic oxidation sites excluding steroid dienone is 1. The largest absolute Gasteiger partial charge is 0.298 e. The number of thioether (sulfide) groups is 1. The number of nitrogens with zero attached hydrogens (tertiary/aromatic N) is 4. The number of thiophene rings is 1. The predicted octanol–water partition coefficient (Wildman–Crippen LogP) is 2.64. The van der Waals surface area contributed by atoms with E-state index in [-0.39, 0.29) is 11.7 Å². The van der Waals surface area contributed by atoms with Crippen LogP contribution in [0.4, 0.5) is 0 Å². The zero-order valence-electron chi connectivity index (χ0n) is 13.7. The molecule has 0 aliphatic heterocycles. The average molecular weight is 385 g/mol. The highest BCUT2D eigenvalue weighted by molar-refractivity contribution is 7.99. The van der Waals surface area contributed by atoms with Gasteiger partial charge >= 0.3 is 0 Å². The van der Waals surface area contributed by atoms with Gasteiger partial charge in [0, 0.05) is 24.5 Å². The quantitative estimate of drug-likeness (QED) is 0.497. The van der Waals surface area contributed by atoms with Crippen molar-refractivity contribution in [3.05, 3.63) is 59.6 Å². The predicted molar refractivity (Wildman–Crippen MR) is 101 cm³/mol. The van der Waals surface area contributed by atoms with Crippen LogP contribution < -0.4 is 5.32 Å². The molecule has 26 heavy (non-hydrogen) atoms. The number of aromatic nitrogens is 4. The number of pyridine rings is 1. The van der Waals surface area contributed by atoms with E-state index in [1.807, 2.05) is 16.7 Å². The van der Waals surface area contributed by atoms with Gasteiger partial charge in [0.25, 0.3) is 5.91 Å². The number of hydrogen-bond acceptors (Lipinski definition) is 7. The van der Waals surface area contributed by atoms with Gasteiger partial charge in [-0.1, -0.05) is 23.9 Å². The summed E-state index contributed by atoms with van der Waals surface area (Å²) in [6.07, 6.45) is 5.09. The van der Waals surface area contributed by atoms with Gasteiger partial charge in [-0.25, -0.2) is 0 Å². The van der Waals surface area contributed by atoms with Gasteiger partial charge in [0.1, 0.15) is 0 Å². The molecule has 0 bridgehead atoms. The smallest absolute Gasteiger partial charge is 0.267 e. The minimum Gasteiger partial charge on any atom is -0.298 e. The molecule has 0 radical (unpaired) electrons. The summed E-state index contributed by atoms with van der Waals surface area (Å²) in [5.41, 5.74) is 0.874. The van der Waals surface area contributed by atoms with Crippen LogP contribution >= 0.6 is 23.1 Å². The van der Waals surface area contributed by atoms with Crippen molar-refractivity contribution in [1.29, 1.82) is 0 Å². The maximum atomic E-state index is 12.0. The number of carbonyl (C=O) groups excluding carboxylic acids is 2. The van der Waals surface area contributed by atoms with Crippen molar-refractivity contribution in [2.75, 3.05) is 5.75 Å². The highest BCUT2D eigenvalue weighted by atomic mass is 32.2. The number of nitrogens with one attached hydrogen (secondary N) is 1. The number of amides is 2. The molecule has 0 aliphatic carbocycles. The highest BCUT2D eigenvalue weighted by Gasteiger charge is 2.16. The average Bonchev–Trinajstić information content (AvgIpc) is 3.31. The van der Waals surface area contributed by atoms with Crippen molar-refractivity contribution in [1.82, 2.24) is 25.1 Å². The second kappa shape index (κ2) is 8.54. The van der Waals surface area contributed by atoms with E-state index in [1.165, 1.54) is 23.1 Å². The maximum Gasteiger partial charge on any atom is 0.267 e. The fourth-order valence-corrected chi connectivity index (χ4v) is 3.53. The van der Waals surface area contributed by atoms with Gasteiger partial charge in [0.15, 0.2) is 11.0 Å². The van der Waals surface area contributed by atoms with Gasteiger partial charge in [0.05, 0.1) is 10.6 Å². The molecule has 0 spiro atoms. The lowest BCUT2D eigenvalue weighted by Gasteiger charge is -2.07. The molecule has 2 amide bonds. The molecule has 3 rings (SSSR count). The molecular formula is C17H15N5O2S2. The molecule has 0 aromatic carbocycles. The van der Waals surface area contributed by atoms with E-state index in [0.29, 0.717) is 22.4 Å². The monoisotopic (exact) mass is 385 g/mol. The Morgan fingerprint density at radius 2 is 2.08 bits per heavy atom. The molecule has 0 saturated carbocycles. The van der Waals surface area contributed by atoms with Crippen molar-refractivity contribution < 1.29 is 9.59 Å². The Morgan fingerprint density at radius 3 is 2.77 bits per heavy atom. The van der Waals surface area contributed by atoms with Crippen LogP contribution in [-0.4, -0.2) is 37.3 Å². The number of imide groups is 1. The van der Waals surface area contributed by atoms with E-state index in [4.69, 9.17) is 0 Å². The second-order valence-electron chi connectivity index (χ2n) is 5.08. The Hall–Kier alpha value is -2.78. The topological polar surface area (TPSA) is 89.8 Å². The second-order valence-corrected chi connectivity index (χ2v) is 6.97. The lowest BCUT2D eigenvalue weighted by molar-refractivity contribution is -0.117. The fraction of sp³-hybridized carbons (Fsp3) is 0.118. The summed E-state index contributed by atoms with van der Waals surface area (Å²) in [5, 5.41) is 13.1. The van der Waals surface area contributed by atoms with E-state index in [1.54, 1.807) is 36.0 Å². The highest BCUT2D eigenvalue weighted by Crippen LogP contribution is 2.23. The molecule has 3 heterocycles. The SMILES string of the molecule is C=CCn1c(SCC(=O)NC(=O)c2cccs2)nnc1-c1ccncc1. The summed E-state index contributed by atoms with van der Waals surface area (Å²) in [6, 6.07) is 7.11. The summed E-state index contributed by atoms with van der Waals surface area (Å²) in [7, 11) is 0. The van der Waals surface area contributed by atoms with Gasteiger partial charge in [-0.05, 0) is 23.6 Å². The maximum absolute atomic E-state index is 12.0. The first-order chi connectivity index (χ1) is 12.7. The Bertz CT molecular complexity index is 907. The first kappa shape index (κ1) is 18.0. The van der Waals surface area contributed by atoms with Crippen molar-refractivity contribution >= 4 is 34.9 Å². The first-order valence-electron chi connectivity index (χ1n) is 7.64. The van der Waals surface area contributed by atoms with Gasteiger partial charge in [-0.15, -0.1) is 28.1 Å². The molecule has 3 aromatic rings. The number of hydrogen-bond donors (Lipinski definition) is 1. The summed E-state index contributed by atoms with van der Waals surface area (Å²) in [6.45, 7) is 4.26. The molecule has 1 N–H and O–H groups in total. The Balaban J connectivity index is 1.68. The van der Waals surface area contributed by atoms with Crippen LogP contribution in [0.1, 0.15) is 9.67 Å². The van der Waals surface area contributed by atoms with E-state index >= 15 is 0 Å². The third-order valence-electron chi connectivity index (χ3n) is 3.30. The molecule has 0 saturated heterocycles. The molecular weight excluding hydrogens is 370 g/mol. The molecule has 0 atom stereocenters. The van der Waals surface area contributed by atoms with Crippen molar-refractivity contribution in [3.8, 4) is 11.4 Å². The van der Waals surface area contributed by atoms with Gasteiger partial charge in [0.2, 0.25) is 5.91 Å². The lowest BCUT2D eigenvalue weighted by atomic mass is 10.2. The minimum absolute atomic E-state index is 0.0583. The Kier molecular flexibility index (Phi) is 5.92. The van der Waals surface area contributed by atoms with E-state index in [2.05, 4.69) is 27.1 Å². The van der Waals surface area contributed by atoms with E-state index in [9.17, 15) is 9.59 Å². The summed E-state index contributed by atoms with van der Waals surface area (Å²) in [4.78, 5) is 28.4. The molecule has 3 aromatic heterocycles. The third-order valence-corrected chi connectivity index (χ3v) is 5.13.